The summed E-state index contributed by atoms with van der Waals surface area (Å²) < 4.78 is 0. The minimum atomic E-state index is -1.16. The molecule has 0 aromatic heterocycles. The Hall–Kier alpha value is -0.390. The number of carboxylic acids is 2. The van der Waals surface area contributed by atoms with Crippen molar-refractivity contribution in [2.45, 2.75) is 143 Å². The second kappa shape index (κ2) is 34.2. The number of hydrogen-bond acceptors (Lipinski definition) is 3. The molecule has 0 rings (SSSR count). The Balaban J connectivity index is -0.000000155. The van der Waals surface area contributed by atoms with Crippen LogP contribution in [0.1, 0.15) is 145 Å². The SMILES string of the molecule is CC(=N)C(=O)O.CCC(=O)O.CCCCCCCCCCCCCCCCCCC.[H-].[Na+]. The van der Waals surface area contributed by atoms with Crippen molar-refractivity contribution in [1.29, 1.82) is 5.41 Å². The monoisotopic (exact) mass is 453 g/mol. The number of nitrogens with one attached hydrogen (secondary N) is 1. The van der Waals surface area contributed by atoms with Crippen LogP contribution < -0.4 is 29.6 Å². The molecule has 182 valence electrons. The summed E-state index contributed by atoms with van der Waals surface area (Å²) in [7, 11) is 0. The smallest absolute Gasteiger partial charge is 1.00 e. The number of unbranched alkanes of at least 4 members (excludes halogenated alkanes) is 16. The first kappa shape index (κ1) is 37.9. The maximum absolute atomic E-state index is 9.47. The summed E-state index contributed by atoms with van der Waals surface area (Å²) in [6, 6.07) is 0. The van der Waals surface area contributed by atoms with Gasteiger partial charge in [-0.25, -0.2) is 4.79 Å². The Morgan fingerprint density at radius 3 is 0.871 bits per heavy atom. The van der Waals surface area contributed by atoms with Crippen molar-refractivity contribution in [3.63, 3.8) is 0 Å². The minimum Gasteiger partial charge on any atom is -1.00 e. The van der Waals surface area contributed by atoms with Crippen LogP contribution in [0.4, 0.5) is 0 Å². The molecule has 0 bridgehead atoms. The van der Waals surface area contributed by atoms with Gasteiger partial charge in [0, 0.05) is 6.42 Å². The van der Waals surface area contributed by atoms with E-state index >= 15 is 0 Å². The largest absolute Gasteiger partial charge is 1.00 e. The predicted molar refractivity (Wildman–Crippen MR) is 130 cm³/mol. The topological polar surface area (TPSA) is 98.5 Å². The molecule has 0 amide bonds. The predicted octanol–water partition coefficient (Wildman–Crippen LogP) is 5.37. The van der Waals surface area contributed by atoms with Gasteiger partial charge in [0.1, 0.15) is 5.71 Å². The van der Waals surface area contributed by atoms with Gasteiger partial charge < -0.3 is 11.6 Å². The molecule has 0 unspecified atom stereocenters. The molecule has 3 N–H and O–H groups in total. The summed E-state index contributed by atoms with van der Waals surface area (Å²) >= 11 is 0. The second-order valence-corrected chi connectivity index (χ2v) is 7.98. The number of carbonyl (C=O) groups is 2. The van der Waals surface area contributed by atoms with Gasteiger partial charge in [0.25, 0.3) is 0 Å². The number of hydrogen-bond donors (Lipinski definition) is 3. The van der Waals surface area contributed by atoms with E-state index in [0.717, 1.165) is 0 Å². The molecule has 6 heteroatoms. The molecule has 0 aromatic rings. The molecule has 0 atom stereocenters. The summed E-state index contributed by atoms with van der Waals surface area (Å²) in [6.07, 6.45) is 25.1. The Labute approximate surface area is 216 Å². The summed E-state index contributed by atoms with van der Waals surface area (Å²) in [5, 5.41) is 21.8. The zero-order chi connectivity index (χ0) is 23.5. The van der Waals surface area contributed by atoms with E-state index in [-0.39, 0.29) is 43.1 Å². The third-order valence-corrected chi connectivity index (χ3v) is 4.83. The molecule has 0 saturated heterocycles. The molecular formula is C25H52NNaO4. The first-order valence-electron chi connectivity index (χ1n) is 12.3. The molecule has 0 spiro atoms. The Kier molecular flexibility index (Phi) is 41.8. The quantitative estimate of drug-likeness (QED) is 0.148. The first-order valence-corrected chi connectivity index (χ1v) is 12.3. The molecule has 0 aromatic carbocycles. The summed E-state index contributed by atoms with van der Waals surface area (Å²) in [4.78, 5) is 18.8. The van der Waals surface area contributed by atoms with E-state index in [9.17, 15) is 9.59 Å². The molecule has 5 nitrogen and oxygen atoms in total. The Morgan fingerprint density at radius 1 is 0.613 bits per heavy atom. The third-order valence-electron chi connectivity index (χ3n) is 4.83. The fraction of sp³-hybridized carbons (Fsp3) is 0.880. The zero-order valence-corrected chi connectivity index (χ0v) is 23.4. The third kappa shape index (κ3) is 48.3. The van der Waals surface area contributed by atoms with E-state index in [0.29, 0.717) is 0 Å². The molecule has 0 aliphatic carbocycles. The molecular weight excluding hydrogens is 401 g/mol. The van der Waals surface area contributed by atoms with E-state index in [1.807, 2.05) is 0 Å². The molecule has 0 aliphatic rings. The molecule has 31 heavy (non-hydrogen) atoms. The van der Waals surface area contributed by atoms with Crippen molar-refractivity contribution >= 4 is 17.7 Å². The molecule has 0 fully saturated rings. The van der Waals surface area contributed by atoms with Gasteiger partial charge in [-0.15, -0.1) is 0 Å². The standard InChI is InChI=1S/C19H40.C3H5NO2.C3H6O2.Na.H/c1-3-5-7-9-11-13-15-17-19-18-16-14-12-10-8-6-4-2;1-2(4)3(5)6;1-2-3(4)5;;/h3-19H2,1-2H3;4H,1H3,(H,5,6);2H2,1H3,(H,4,5);;/q;;;+1;-1. The van der Waals surface area contributed by atoms with Crippen LogP contribution in [0.5, 0.6) is 0 Å². The van der Waals surface area contributed by atoms with Gasteiger partial charge in [0.05, 0.1) is 0 Å². The van der Waals surface area contributed by atoms with Crippen LogP contribution in [0, 0.1) is 5.41 Å². The average Bonchev–Trinajstić information content (AvgIpc) is 2.71. The second-order valence-electron chi connectivity index (χ2n) is 7.98. The van der Waals surface area contributed by atoms with Crippen LogP contribution in [-0.4, -0.2) is 27.9 Å². The Bertz CT molecular complexity index is 368. The first-order chi connectivity index (χ1) is 14.3. The van der Waals surface area contributed by atoms with Crippen LogP contribution in [0.25, 0.3) is 0 Å². The van der Waals surface area contributed by atoms with E-state index in [2.05, 4.69) is 13.8 Å². The summed E-state index contributed by atoms with van der Waals surface area (Å²) in [5.41, 5.74) is -0.324. The van der Waals surface area contributed by atoms with Gasteiger partial charge >= 0.3 is 41.5 Å². The van der Waals surface area contributed by atoms with Gasteiger partial charge in [-0.05, 0) is 6.92 Å². The van der Waals surface area contributed by atoms with Gasteiger partial charge in [-0.2, -0.15) is 0 Å². The van der Waals surface area contributed by atoms with Crippen molar-refractivity contribution in [3.05, 3.63) is 0 Å². The summed E-state index contributed by atoms with van der Waals surface area (Å²) in [5.74, 6) is -1.90. The van der Waals surface area contributed by atoms with Crippen LogP contribution in [-0.2, 0) is 9.59 Å². The van der Waals surface area contributed by atoms with Crippen LogP contribution in [0.2, 0.25) is 0 Å². The minimum absolute atomic E-state index is 0. The van der Waals surface area contributed by atoms with E-state index < -0.39 is 11.9 Å². The van der Waals surface area contributed by atoms with Crippen molar-refractivity contribution in [2.24, 2.45) is 0 Å². The summed E-state index contributed by atoms with van der Waals surface area (Å²) in [6.45, 7) is 7.41. The van der Waals surface area contributed by atoms with Gasteiger partial charge in [0.15, 0.2) is 0 Å². The normalized spacial score (nSPS) is 9.42. The zero-order valence-electron chi connectivity index (χ0n) is 22.4. The Morgan fingerprint density at radius 2 is 0.774 bits per heavy atom. The fourth-order valence-corrected chi connectivity index (χ4v) is 2.80. The average molecular weight is 454 g/mol. The maximum atomic E-state index is 9.47. The molecule has 0 radical (unpaired) electrons. The van der Waals surface area contributed by atoms with E-state index in [1.165, 1.54) is 116 Å². The molecule has 0 saturated carbocycles. The number of aliphatic carboxylic acids is 2. The molecule has 0 aliphatic heterocycles. The van der Waals surface area contributed by atoms with Crippen molar-refractivity contribution in [2.75, 3.05) is 0 Å². The number of carboxylic acid groups (broad SMARTS) is 2. The van der Waals surface area contributed by atoms with Crippen molar-refractivity contribution < 1.29 is 50.8 Å². The van der Waals surface area contributed by atoms with Crippen LogP contribution >= 0.6 is 0 Å². The van der Waals surface area contributed by atoms with Gasteiger partial charge in [-0.3, -0.25) is 10.2 Å². The van der Waals surface area contributed by atoms with Gasteiger partial charge in [-0.1, -0.05) is 130 Å². The van der Waals surface area contributed by atoms with Crippen LogP contribution in [0.3, 0.4) is 0 Å². The maximum Gasteiger partial charge on any atom is 1.00 e. The number of rotatable bonds is 18. The van der Waals surface area contributed by atoms with Crippen molar-refractivity contribution in [3.8, 4) is 0 Å². The van der Waals surface area contributed by atoms with Gasteiger partial charge in [0.2, 0.25) is 0 Å². The van der Waals surface area contributed by atoms with E-state index in [1.54, 1.807) is 6.92 Å². The van der Waals surface area contributed by atoms with Crippen LogP contribution in [0.15, 0.2) is 0 Å². The van der Waals surface area contributed by atoms with Crippen molar-refractivity contribution in [1.82, 2.24) is 0 Å². The van der Waals surface area contributed by atoms with E-state index in [4.69, 9.17) is 15.6 Å². The molecule has 0 heterocycles. The fourth-order valence-electron chi connectivity index (χ4n) is 2.80.